The molecule has 0 saturated carbocycles. The molecule has 7 rings (SSSR count). The first kappa shape index (κ1) is 30.5. The van der Waals surface area contributed by atoms with Crippen LogP contribution in [0, 0.1) is 0 Å². The lowest BCUT2D eigenvalue weighted by molar-refractivity contribution is -0.0645. The van der Waals surface area contributed by atoms with Gasteiger partial charge in [0.15, 0.2) is 52.9 Å². The van der Waals surface area contributed by atoms with E-state index in [1.54, 1.807) is 0 Å². The Bertz CT molecular complexity index is 1950. The van der Waals surface area contributed by atoms with Crippen molar-refractivity contribution in [2.24, 2.45) is 0 Å². The molecule has 0 radical (unpaired) electrons. The van der Waals surface area contributed by atoms with Crippen LogP contribution in [0.3, 0.4) is 0 Å². The van der Waals surface area contributed by atoms with Gasteiger partial charge in [0.05, 0.1) is 19.5 Å². The number of halogens is 2. The number of ether oxygens (including phenoxy) is 2. The number of phosphoric ester groups is 1. The first-order valence-corrected chi connectivity index (χ1v) is 16.8. The molecule has 10 atom stereocenters. The number of fused-ring (bicyclic) bond motifs is 5. The fourth-order valence-corrected chi connectivity index (χ4v) is 7.46. The Morgan fingerprint density at radius 2 is 1.73 bits per heavy atom. The Hall–Kier alpha value is -3.15. The molecule has 0 spiro atoms. The first-order valence-electron chi connectivity index (χ1n) is 12.8. The number of aromatic amines is 1. The molecule has 0 aromatic carbocycles. The zero-order valence-corrected chi connectivity index (χ0v) is 24.7. The van der Waals surface area contributed by atoms with E-state index < -0.39 is 82.5 Å². The van der Waals surface area contributed by atoms with Crippen LogP contribution in [0.5, 0.6) is 0 Å². The van der Waals surface area contributed by atoms with Crippen molar-refractivity contribution in [3.05, 3.63) is 23.0 Å². The predicted molar refractivity (Wildman–Crippen MR) is 146 cm³/mol. The average Bonchev–Trinajstić information content (AvgIpc) is 3.72. The fraction of sp³-hybridized carbons (Fsp3) is 0.526. The predicted octanol–water partition coefficient (Wildman–Crippen LogP) is -0.876. The van der Waals surface area contributed by atoms with Crippen LogP contribution in [-0.2, 0) is 43.9 Å². The van der Waals surface area contributed by atoms with Crippen LogP contribution in [0.1, 0.15) is 12.5 Å². The van der Waals surface area contributed by atoms with Gasteiger partial charge in [0.25, 0.3) is 5.56 Å². The Kier molecular flexibility index (Phi) is 7.44. The molecular weight excluding hydrogens is 674 g/mol. The summed E-state index contributed by atoms with van der Waals surface area (Å²) in [5.41, 5.74) is 10.4. The van der Waals surface area contributed by atoms with Crippen molar-refractivity contribution in [1.29, 1.82) is 0 Å². The van der Waals surface area contributed by atoms with Crippen molar-refractivity contribution in [2.75, 3.05) is 24.7 Å². The number of rotatable bonds is 2. The Morgan fingerprint density at radius 1 is 0.978 bits per heavy atom. The molecule has 0 aliphatic carbocycles. The fourth-order valence-electron chi connectivity index (χ4n) is 5.10. The zero-order chi connectivity index (χ0) is 31.8. The molecule has 45 heavy (non-hydrogen) atoms. The van der Waals surface area contributed by atoms with Gasteiger partial charge in [-0.15, -0.1) is 5.10 Å². The number of alkyl halides is 2. The second-order valence-corrected chi connectivity index (χ2v) is 14.1. The molecule has 3 saturated heterocycles. The molecule has 0 amide bonds. The summed E-state index contributed by atoms with van der Waals surface area (Å²) in [6, 6.07) is 0. The summed E-state index contributed by atoms with van der Waals surface area (Å²) < 4.78 is 79.1. The van der Waals surface area contributed by atoms with E-state index in [4.69, 9.17) is 50.8 Å². The van der Waals surface area contributed by atoms with Gasteiger partial charge in [-0.05, 0) is 11.8 Å². The lowest BCUT2D eigenvalue weighted by Gasteiger charge is -2.27. The first-order chi connectivity index (χ1) is 21.3. The van der Waals surface area contributed by atoms with E-state index in [0.29, 0.717) is 0 Å². The summed E-state index contributed by atoms with van der Waals surface area (Å²) in [5.74, 6) is -0.341. The van der Waals surface area contributed by atoms with Crippen LogP contribution in [0.4, 0.5) is 20.5 Å². The van der Waals surface area contributed by atoms with Gasteiger partial charge in [0.1, 0.15) is 30.7 Å². The minimum Gasteiger partial charge on any atom is -0.382 e. The number of nitrogens with zero attached hydrogens (tertiary/aromatic N) is 8. The van der Waals surface area contributed by atoms with Gasteiger partial charge in [-0.3, -0.25) is 27.9 Å². The van der Waals surface area contributed by atoms with Crippen molar-refractivity contribution >= 4 is 60.4 Å². The Labute approximate surface area is 252 Å². The monoisotopic (exact) mass is 695 g/mol. The van der Waals surface area contributed by atoms with Crippen LogP contribution in [0.15, 0.2) is 17.4 Å². The van der Waals surface area contributed by atoms with Gasteiger partial charge in [-0.1, -0.05) is 5.21 Å². The molecule has 26 heteroatoms. The van der Waals surface area contributed by atoms with Crippen LogP contribution >= 0.6 is 14.5 Å². The number of hydrogen-bond donors (Lipinski definition) is 5. The molecule has 4 aromatic heterocycles. The van der Waals surface area contributed by atoms with Crippen molar-refractivity contribution in [1.82, 2.24) is 44.5 Å². The summed E-state index contributed by atoms with van der Waals surface area (Å²) in [5, 5.41) is 7.63. The SMILES string of the molecule is Nc1nc2c(ncn2[C@@H]2O[C@@H]3COP(=O)(O)O[C@H]4[C@H](F)[C@H](n5nnc6c(N)ncnc65)O[C@@H]4COP(O)(=S)O[C@@H]2[C@@H]3F)c(=O)[nH]1. The number of phosphoric acid groups is 1. The number of nitrogens with one attached hydrogen (secondary N) is 1. The second-order valence-electron chi connectivity index (χ2n) is 9.93. The van der Waals surface area contributed by atoms with E-state index in [2.05, 4.69) is 35.2 Å². The van der Waals surface area contributed by atoms with Crippen molar-refractivity contribution in [3.63, 3.8) is 0 Å². The number of hydrogen-bond acceptors (Lipinski definition) is 17. The number of imidazole rings is 1. The highest BCUT2D eigenvalue weighted by Crippen LogP contribution is 2.54. The lowest BCUT2D eigenvalue weighted by atomic mass is 10.1. The molecule has 2 bridgehead atoms. The minimum absolute atomic E-state index is 0.0251. The number of nitrogen functional groups attached to an aromatic ring is 2. The largest absolute Gasteiger partial charge is 0.472 e. The number of aromatic nitrogens is 9. The van der Waals surface area contributed by atoms with Crippen LogP contribution in [0.2, 0.25) is 0 Å². The lowest BCUT2D eigenvalue weighted by Crippen LogP contribution is -2.34. The maximum Gasteiger partial charge on any atom is 0.472 e. The summed E-state index contributed by atoms with van der Waals surface area (Å²) in [6.07, 6.45) is -12.2. The van der Waals surface area contributed by atoms with Crippen LogP contribution in [-0.4, -0.2) is 104 Å². The third-order valence-corrected chi connectivity index (χ3v) is 9.64. The standard InChI is InChI=1S/C19H21F2N11O10P2S/c20-7-5-1-37-43(34,35)41-11-6(40-17(8(11)21)32-14-9(29-30-32)13(22)24-3-25-14)2-38-44(36,45)42-12(7)18(39-5)31-4-26-10-15(31)27-19(23)28-16(10)33/h3-8,11-12,17-18H,1-2H2,(H,34,35)(H,36,45)(H2,22,24,25)(H3,23,27,28,33)/t5-,6-,7-,8+,11-,12-,17-,18-,44?/m1/s1. The smallest absolute Gasteiger partial charge is 0.382 e. The van der Waals surface area contributed by atoms with Crippen molar-refractivity contribution in [2.45, 2.75) is 49.2 Å². The van der Waals surface area contributed by atoms with Gasteiger partial charge >= 0.3 is 14.5 Å². The molecule has 7 N–H and O–H groups in total. The Morgan fingerprint density at radius 3 is 2.53 bits per heavy atom. The third-order valence-electron chi connectivity index (χ3n) is 7.10. The van der Waals surface area contributed by atoms with Gasteiger partial charge in [0, 0.05) is 0 Å². The van der Waals surface area contributed by atoms with Crippen molar-refractivity contribution in [3.8, 4) is 0 Å². The van der Waals surface area contributed by atoms with Crippen molar-refractivity contribution < 1.29 is 50.7 Å². The maximum absolute atomic E-state index is 15.9. The van der Waals surface area contributed by atoms with E-state index in [1.807, 2.05) is 0 Å². The molecule has 3 fully saturated rings. The van der Waals surface area contributed by atoms with Gasteiger partial charge < -0.3 is 35.3 Å². The van der Waals surface area contributed by atoms with Gasteiger partial charge in [-0.2, -0.15) is 9.67 Å². The molecular formula is C19H21F2N11O10P2S. The zero-order valence-electron chi connectivity index (χ0n) is 22.1. The number of H-pyrrole nitrogens is 1. The van der Waals surface area contributed by atoms with Crippen LogP contribution in [0.25, 0.3) is 22.3 Å². The molecule has 21 nitrogen and oxygen atoms in total. The maximum atomic E-state index is 15.9. The van der Waals surface area contributed by atoms with Gasteiger partial charge in [-0.25, -0.2) is 28.3 Å². The van der Waals surface area contributed by atoms with E-state index in [0.717, 1.165) is 21.9 Å². The molecule has 4 aromatic rings. The highest BCUT2D eigenvalue weighted by Gasteiger charge is 2.54. The van der Waals surface area contributed by atoms with E-state index in [1.165, 1.54) is 0 Å². The van der Waals surface area contributed by atoms with E-state index in [-0.39, 0.29) is 34.1 Å². The van der Waals surface area contributed by atoms with E-state index >= 15 is 8.78 Å². The van der Waals surface area contributed by atoms with E-state index in [9.17, 15) is 19.1 Å². The highest BCUT2D eigenvalue weighted by molar-refractivity contribution is 8.07. The molecule has 3 aliphatic rings. The minimum atomic E-state index is -5.17. The molecule has 3 aliphatic heterocycles. The summed E-state index contributed by atoms with van der Waals surface area (Å²) in [7, 11) is -5.17. The summed E-state index contributed by atoms with van der Waals surface area (Å²) in [6.45, 7) is -6.12. The molecule has 242 valence electrons. The van der Waals surface area contributed by atoms with Gasteiger partial charge in [0.2, 0.25) is 5.95 Å². The number of anilines is 2. The van der Waals surface area contributed by atoms with Crippen LogP contribution < -0.4 is 17.0 Å². The third kappa shape index (κ3) is 5.40. The molecule has 7 heterocycles. The molecule has 2 unspecified atom stereocenters. The highest BCUT2D eigenvalue weighted by atomic mass is 32.5. The second kappa shape index (κ2) is 11.0. The Balaban J connectivity index is 1.21. The summed E-state index contributed by atoms with van der Waals surface area (Å²) >= 11 is 5.11. The quantitative estimate of drug-likeness (QED) is 0.159. The normalized spacial score (nSPS) is 37.7. The topological polar surface area (TPSA) is 285 Å². The summed E-state index contributed by atoms with van der Waals surface area (Å²) in [4.78, 5) is 51.7. The average molecular weight is 695 g/mol. The number of nitrogens with two attached hydrogens (primary N) is 2.